The maximum Gasteiger partial charge on any atom is 0.407 e. The van der Waals surface area contributed by atoms with E-state index in [1.54, 1.807) is 0 Å². The minimum Gasteiger partial charge on any atom is -0.445 e. The summed E-state index contributed by atoms with van der Waals surface area (Å²) < 4.78 is 5.06. The number of rotatable bonds is 6. The third-order valence-corrected chi connectivity index (χ3v) is 3.79. The summed E-state index contributed by atoms with van der Waals surface area (Å²) in [5, 5.41) is 2.88. The minimum absolute atomic E-state index is 0.159. The van der Waals surface area contributed by atoms with Gasteiger partial charge < -0.3 is 15.8 Å². The zero-order chi connectivity index (χ0) is 17.5. The van der Waals surface area contributed by atoms with Crippen LogP contribution in [0.2, 0.25) is 0 Å². The van der Waals surface area contributed by atoms with Crippen LogP contribution in [0.5, 0.6) is 0 Å². The standard InChI is InChI=1S/C20H24N2O2/c1-4-11-24-20(23)22-19(17-10-6-8-15(3)13-17)18(21)16-9-5-7-14(2)12-16/h4-10,12-13,18-19H,1,11,21H2,2-3H3,(H,22,23)/t18-,19+/m1/s1. The predicted octanol–water partition coefficient (Wildman–Crippen LogP) is 3.96. The monoisotopic (exact) mass is 324 g/mol. The number of nitrogens with one attached hydrogen (secondary N) is 1. The van der Waals surface area contributed by atoms with Gasteiger partial charge in [-0.25, -0.2) is 4.79 Å². The van der Waals surface area contributed by atoms with Gasteiger partial charge in [-0.05, 0) is 25.0 Å². The van der Waals surface area contributed by atoms with E-state index in [0.717, 1.165) is 22.3 Å². The molecule has 0 aliphatic heterocycles. The van der Waals surface area contributed by atoms with Gasteiger partial charge in [-0.2, -0.15) is 0 Å². The van der Waals surface area contributed by atoms with E-state index in [0.29, 0.717) is 0 Å². The Morgan fingerprint density at radius 1 is 1.17 bits per heavy atom. The molecule has 0 unspecified atom stereocenters. The number of hydrogen-bond donors (Lipinski definition) is 2. The topological polar surface area (TPSA) is 64.3 Å². The fraction of sp³-hybridized carbons (Fsp3) is 0.250. The fourth-order valence-corrected chi connectivity index (χ4v) is 2.62. The lowest BCUT2D eigenvalue weighted by Crippen LogP contribution is -2.36. The molecule has 4 nitrogen and oxygen atoms in total. The normalized spacial score (nSPS) is 13.0. The molecule has 2 rings (SSSR count). The van der Waals surface area contributed by atoms with Crippen molar-refractivity contribution in [2.24, 2.45) is 5.73 Å². The molecule has 3 N–H and O–H groups in total. The Bertz CT molecular complexity index is 712. The smallest absolute Gasteiger partial charge is 0.407 e. The van der Waals surface area contributed by atoms with Crippen LogP contribution >= 0.6 is 0 Å². The zero-order valence-corrected chi connectivity index (χ0v) is 14.2. The highest BCUT2D eigenvalue weighted by molar-refractivity contribution is 5.68. The van der Waals surface area contributed by atoms with Gasteiger partial charge in [0.15, 0.2) is 0 Å². The fourth-order valence-electron chi connectivity index (χ4n) is 2.62. The average molecular weight is 324 g/mol. The van der Waals surface area contributed by atoms with Gasteiger partial charge in [-0.3, -0.25) is 0 Å². The van der Waals surface area contributed by atoms with E-state index < -0.39 is 6.09 Å². The Labute approximate surface area is 143 Å². The molecule has 0 saturated carbocycles. The van der Waals surface area contributed by atoms with Crippen molar-refractivity contribution in [1.29, 1.82) is 0 Å². The number of hydrogen-bond acceptors (Lipinski definition) is 3. The van der Waals surface area contributed by atoms with E-state index >= 15 is 0 Å². The molecule has 0 bridgehead atoms. The quantitative estimate of drug-likeness (QED) is 0.791. The molecule has 2 aromatic carbocycles. The van der Waals surface area contributed by atoms with E-state index in [2.05, 4.69) is 11.9 Å². The molecule has 0 aromatic heterocycles. The summed E-state index contributed by atoms with van der Waals surface area (Å²) in [5.41, 5.74) is 10.6. The summed E-state index contributed by atoms with van der Waals surface area (Å²) in [6, 6.07) is 15.2. The Hall–Kier alpha value is -2.59. The Kier molecular flexibility index (Phi) is 6.15. The molecule has 0 saturated heterocycles. The lowest BCUT2D eigenvalue weighted by Gasteiger charge is -2.26. The summed E-state index contributed by atoms with van der Waals surface area (Å²) in [4.78, 5) is 12.0. The highest BCUT2D eigenvalue weighted by Crippen LogP contribution is 2.28. The second-order valence-corrected chi connectivity index (χ2v) is 5.86. The summed E-state index contributed by atoms with van der Waals surface area (Å²) in [7, 11) is 0. The van der Waals surface area contributed by atoms with Crippen LogP contribution in [-0.2, 0) is 4.74 Å². The second kappa shape index (κ2) is 8.31. The maximum absolute atomic E-state index is 12.0. The first kappa shape index (κ1) is 17.8. The number of carbonyl (C=O) groups is 1. The van der Waals surface area contributed by atoms with Crippen LogP contribution in [0.15, 0.2) is 61.2 Å². The molecule has 126 valence electrons. The van der Waals surface area contributed by atoms with E-state index in [4.69, 9.17) is 10.5 Å². The summed E-state index contributed by atoms with van der Waals surface area (Å²) in [6.45, 7) is 7.73. The van der Waals surface area contributed by atoms with Crippen LogP contribution in [0.3, 0.4) is 0 Å². The lowest BCUT2D eigenvalue weighted by atomic mass is 9.92. The number of nitrogens with two attached hydrogens (primary N) is 1. The summed E-state index contributed by atoms with van der Waals surface area (Å²) >= 11 is 0. The van der Waals surface area contributed by atoms with Gasteiger partial charge in [0.25, 0.3) is 0 Å². The number of alkyl carbamates (subject to hydrolysis) is 1. The summed E-state index contributed by atoms with van der Waals surface area (Å²) in [5.74, 6) is 0. The highest BCUT2D eigenvalue weighted by atomic mass is 16.5. The molecule has 0 aliphatic carbocycles. The molecule has 1 amide bonds. The average Bonchev–Trinajstić information content (AvgIpc) is 2.57. The van der Waals surface area contributed by atoms with Gasteiger partial charge in [0.1, 0.15) is 6.61 Å². The van der Waals surface area contributed by atoms with Crippen LogP contribution in [-0.4, -0.2) is 12.7 Å². The van der Waals surface area contributed by atoms with Crippen molar-refractivity contribution in [1.82, 2.24) is 5.32 Å². The van der Waals surface area contributed by atoms with Crippen LogP contribution in [0, 0.1) is 13.8 Å². The lowest BCUT2D eigenvalue weighted by molar-refractivity contribution is 0.152. The molecule has 0 aliphatic rings. The van der Waals surface area contributed by atoms with Crippen molar-refractivity contribution < 1.29 is 9.53 Å². The van der Waals surface area contributed by atoms with E-state index in [-0.39, 0.29) is 18.7 Å². The Morgan fingerprint density at radius 3 is 2.33 bits per heavy atom. The predicted molar refractivity (Wildman–Crippen MR) is 96.7 cm³/mol. The van der Waals surface area contributed by atoms with Crippen molar-refractivity contribution in [2.45, 2.75) is 25.9 Å². The maximum atomic E-state index is 12.0. The molecule has 0 heterocycles. The van der Waals surface area contributed by atoms with Crippen LogP contribution in [0.1, 0.15) is 34.3 Å². The zero-order valence-electron chi connectivity index (χ0n) is 14.2. The van der Waals surface area contributed by atoms with Crippen LogP contribution in [0.25, 0.3) is 0 Å². The first-order valence-electron chi connectivity index (χ1n) is 7.94. The third kappa shape index (κ3) is 4.70. The van der Waals surface area contributed by atoms with Crippen molar-refractivity contribution in [3.63, 3.8) is 0 Å². The van der Waals surface area contributed by atoms with Crippen LogP contribution < -0.4 is 11.1 Å². The number of benzene rings is 2. The van der Waals surface area contributed by atoms with E-state index in [1.807, 2.05) is 62.4 Å². The SMILES string of the molecule is C=CCOC(=O)N[C@@H](c1cccc(C)c1)[C@H](N)c1cccc(C)c1. The molecule has 0 radical (unpaired) electrons. The minimum atomic E-state index is -0.510. The van der Waals surface area contributed by atoms with Gasteiger partial charge in [-0.15, -0.1) is 0 Å². The molecule has 0 fully saturated rings. The molecule has 2 atom stereocenters. The van der Waals surface area contributed by atoms with Crippen molar-refractivity contribution in [3.8, 4) is 0 Å². The third-order valence-electron chi connectivity index (χ3n) is 3.79. The molecular formula is C20H24N2O2. The van der Waals surface area contributed by atoms with Crippen molar-refractivity contribution in [3.05, 3.63) is 83.4 Å². The number of carbonyl (C=O) groups excluding carboxylic acids is 1. The van der Waals surface area contributed by atoms with Crippen molar-refractivity contribution >= 4 is 6.09 Å². The number of aryl methyl sites for hydroxylation is 2. The van der Waals surface area contributed by atoms with Gasteiger partial charge in [0, 0.05) is 0 Å². The largest absolute Gasteiger partial charge is 0.445 e. The Balaban J connectivity index is 2.31. The van der Waals surface area contributed by atoms with E-state index in [1.165, 1.54) is 6.08 Å². The second-order valence-electron chi connectivity index (χ2n) is 5.86. The first-order valence-corrected chi connectivity index (χ1v) is 7.94. The van der Waals surface area contributed by atoms with Crippen LogP contribution in [0.4, 0.5) is 4.79 Å². The Morgan fingerprint density at radius 2 is 1.75 bits per heavy atom. The van der Waals surface area contributed by atoms with Gasteiger partial charge >= 0.3 is 6.09 Å². The van der Waals surface area contributed by atoms with Gasteiger partial charge in [0.2, 0.25) is 0 Å². The van der Waals surface area contributed by atoms with Gasteiger partial charge in [0.05, 0.1) is 12.1 Å². The number of ether oxygens (including phenoxy) is 1. The molecule has 4 heteroatoms. The highest BCUT2D eigenvalue weighted by Gasteiger charge is 2.24. The number of amides is 1. The van der Waals surface area contributed by atoms with E-state index in [9.17, 15) is 4.79 Å². The molecule has 0 spiro atoms. The molecule has 24 heavy (non-hydrogen) atoms. The summed E-state index contributed by atoms with van der Waals surface area (Å²) in [6.07, 6.45) is 1.02. The first-order chi connectivity index (χ1) is 11.5. The van der Waals surface area contributed by atoms with Gasteiger partial charge in [-0.1, -0.05) is 72.3 Å². The molecular weight excluding hydrogens is 300 g/mol. The molecule has 2 aromatic rings. The van der Waals surface area contributed by atoms with Crippen molar-refractivity contribution in [2.75, 3.05) is 6.61 Å².